The van der Waals surface area contributed by atoms with E-state index in [0.29, 0.717) is 41.9 Å². The lowest BCUT2D eigenvalue weighted by molar-refractivity contribution is -0.245. The summed E-state index contributed by atoms with van der Waals surface area (Å²) in [6.45, 7) is 26.0. The SMILES string of the molecule is CCO[C@@H](C1C[C@@H](C)[C@H]2C(O1)[C@H](O)C(C)(C)[C@]2(C)CCC12CCC[C@H]3C(C)(C)[C@@H](O[C@H]4CN([C@@H](C)COC)CCO4)CC[C@@]31C2)C(C)(C)O. The van der Waals surface area contributed by atoms with Crippen LogP contribution in [0.5, 0.6) is 0 Å². The van der Waals surface area contributed by atoms with Crippen molar-refractivity contribution in [2.75, 3.05) is 40.0 Å². The van der Waals surface area contributed by atoms with E-state index in [4.69, 9.17) is 23.7 Å². The van der Waals surface area contributed by atoms with Crippen molar-refractivity contribution in [3.63, 3.8) is 0 Å². The van der Waals surface area contributed by atoms with Crippen molar-refractivity contribution < 1.29 is 33.9 Å². The second-order valence-corrected chi connectivity index (χ2v) is 19.6. The van der Waals surface area contributed by atoms with Crippen LogP contribution in [0.4, 0.5) is 0 Å². The van der Waals surface area contributed by atoms with E-state index < -0.39 is 17.8 Å². The van der Waals surface area contributed by atoms with Crippen LogP contribution in [-0.4, -0.2) is 104 Å². The summed E-state index contributed by atoms with van der Waals surface area (Å²) in [4.78, 5) is 2.46. The molecule has 8 heteroatoms. The van der Waals surface area contributed by atoms with Gasteiger partial charge < -0.3 is 33.9 Å². The molecule has 2 heterocycles. The van der Waals surface area contributed by atoms with Gasteiger partial charge in [-0.3, -0.25) is 4.90 Å². The summed E-state index contributed by atoms with van der Waals surface area (Å²) in [5.41, 5.74) is -0.445. The molecule has 2 aliphatic heterocycles. The third-order valence-corrected chi connectivity index (χ3v) is 16.1. The van der Waals surface area contributed by atoms with Crippen LogP contribution in [0.2, 0.25) is 0 Å². The minimum atomic E-state index is -1.02. The van der Waals surface area contributed by atoms with Gasteiger partial charge in [-0.1, -0.05) is 48.0 Å². The van der Waals surface area contributed by atoms with Crippen LogP contribution in [0, 0.1) is 44.8 Å². The van der Waals surface area contributed by atoms with Crippen molar-refractivity contribution in [2.45, 2.75) is 175 Å². The number of morpholine rings is 1. The maximum absolute atomic E-state index is 12.0. The molecule has 0 amide bonds. The van der Waals surface area contributed by atoms with E-state index in [9.17, 15) is 10.2 Å². The highest BCUT2D eigenvalue weighted by Gasteiger charge is 2.75. The third kappa shape index (κ3) is 6.30. The first-order valence-electron chi connectivity index (χ1n) is 20.1. The topological polar surface area (TPSA) is 89.9 Å². The van der Waals surface area contributed by atoms with Crippen molar-refractivity contribution >= 4 is 0 Å². The molecule has 4 aliphatic carbocycles. The van der Waals surface area contributed by atoms with E-state index in [1.54, 1.807) is 7.11 Å². The molecule has 49 heavy (non-hydrogen) atoms. The molecule has 0 bridgehead atoms. The quantitative estimate of drug-likeness (QED) is 0.230. The Morgan fingerprint density at radius 2 is 1.80 bits per heavy atom. The molecule has 1 spiro atoms. The van der Waals surface area contributed by atoms with Crippen LogP contribution in [0.15, 0.2) is 0 Å². The Bertz CT molecular complexity index is 1160. The molecule has 6 aliphatic rings. The number of aliphatic hydroxyl groups is 2. The van der Waals surface area contributed by atoms with Gasteiger partial charge in [-0.05, 0) is 124 Å². The Morgan fingerprint density at radius 1 is 1.06 bits per heavy atom. The fraction of sp³-hybridized carbons (Fsp3) is 1.00. The van der Waals surface area contributed by atoms with Crippen molar-refractivity contribution in [1.82, 2.24) is 4.90 Å². The molecule has 2 N–H and O–H groups in total. The number of rotatable bonds is 12. The van der Waals surface area contributed by atoms with Gasteiger partial charge in [-0.25, -0.2) is 0 Å². The number of hydrogen-bond donors (Lipinski definition) is 2. The first-order valence-corrected chi connectivity index (χ1v) is 20.1. The second kappa shape index (κ2) is 13.5. The molecule has 8 nitrogen and oxygen atoms in total. The predicted octanol–water partition coefficient (Wildman–Crippen LogP) is 6.83. The van der Waals surface area contributed by atoms with Gasteiger partial charge in [0.2, 0.25) is 0 Å². The maximum Gasteiger partial charge on any atom is 0.170 e. The number of hydrogen-bond acceptors (Lipinski definition) is 8. The zero-order valence-corrected chi connectivity index (χ0v) is 33.1. The molecule has 284 valence electrons. The highest BCUT2D eigenvalue weighted by atomic mass is 16.7. The Kier molecular flexibility index (Phi) is 10.6. The average molecular weight is 692 g/mol. The zero-order chi connectivity index (χ0) is 35.8. The number of ether oxygens (including phenoxy) is 5. The smallest absolute Gasteiger partial charge is 0.170 e. The summed E-state index contributed by atoms with van der Waals surface area (Å²) >= 11 is 0. The molecule has 4 saturated carbocycles. The van der Waals surface area contributed by atoms with Gasteiger partial charge in [0.05, 0.1) is 43.2 Å². The van der Waals surface area contributed by atoms with Gasteiger partial charge in [0.25, 0.3) is 0 Å². The Hall–Kier alpha value is -0.320. The highest BCUT2D eigenvalue weighted by Crippen LogP contribution is 2.82. The minimum Gasteiger partial charge on any atom is -0.390 e. The monoisotopic (exact) mass is 692 g/mol. The maximum atomic E-state index is 12.0. The van der Waals surface area contributed by atoms with E-state index in [1.165, 1.54) is 38.5 Å². The third-order valence-electron chi connectivity index (χ3n) is 16.1. The first-order chi connectivity index (χ1) is 22.9. The largest absolute Gasteiger partial charge is 0.390 e. The van der Waals surface area contributed by atoms with Crippen molar-refractivity contribution in [2.24, 2.45) is 44.8 Å². The van der Waals surface area contributed by atoms with Crippen molar-refractivity contribution in [1.29, 1.82) is 0 Å². The van der Waals surface area contributed by atoms with E-state index >= 15 is 0 Å². The Labute approximate surface area is 298 Å². The minimum absolute atomic E-state index is 0.0528. The van der Waals surface area contributed by atoms with Crippen LogP contribution in [0.3, 0.4) is 0 Å². The van der Waals surface area contributed by atoms with Crippen LogP contribution in [-0.2, 0) is 23.7 Å². The number of nitrogens with zero attached hydrogens (tertiary/aromatic N) is 1. The lowest BCUT2D eigenvalue weighted by atomic mass is 9.52. The molecule has 0 radical (unpaired) electrons. The summed E-state index contributed by atoms with van der Waals surface area (Å²) in [5.74, 6) is 1.30. The summed E-state index contributed by atoms with van der Waals surface area (Å²) < 4.78 is 31.5. The van der Waals surface area contributed by atoms with E-state index in [1.807, 2.05) is 20.8 Å². The summed E-state index contributed by atoms with van der Waals surface area (Å²) in [7, 11) is 1.78. The Morgan fingerprint density at radius 3 is 2.47 bits per heavy atom. The molecule has 2 saturated heterocycles. The zero-order valence-electron chi connectivity index (χ0n) is 33.1. The molecule has 6 fully saturated rings. The normalized spacial score (nSPS) is 46.0. The second-order valence-electron chi connectivity index (χ2n) is 19.6. The van der Waals surface area contributed by atoms with Gasteiger partial charge in [0, 0.05) is 32.8 Å². The lowest BCUT2D eigenvalue weighted by Gasteiger charge is -2.55. The van der Waals surface area contributed by atoms with Gasteiger partial charge in [-0.2, -0.15) is 0 Å². The molecule has 0 aromatic heterocycles. The van der Waals surface area contributed by atoms with Crippen LogP contribution in [0.25, 0.3) is 0 Å². The van der Waals surface area contributed by atoms with Crippen molar-refractivity contribution in [3.05, 3.63) is 0 Å². The van der Waals surface area contributed by atoms with E-state index in [-0.39, 0.29) is 46.8 Å². The summed E-state index contributed by atoms with van der Waals surface area (Å²) in [5, 5.41) is 23.0. The van der Waals surface area contributed by atoms with Gasteiger partial charge in [-0.15, -0.1) is 0 Å². The summed E-state index contributed by atoms with van der Waals surface area (Å²) in [6, 6.07) is 0.362. The number of aliphatic hydroxyl groups excluding tert-OH is 1. The molecule has 6 rings (SSSR count). The Balaban J connectivity index is 1.15. The van der Waals surface area contributed by atoms with Crippen molar-refractivity contribution in [3.8, 4) is 0 Å². The molecule has 13 atom stereocenters. The lowest BCUT2D eigenvalue weighted by Crippen LogP contribution is -2.55. The van der Waals surface area contributed by atoms with Crippen LogP contribution < -0.4 is 0 Å². The number of methoxy groups -OCH3 is 1. The van der Waals surface area contributed by atoms with E-state index in [2.05, 4.69) is 53.4 Å². The molecule has 3 unspecified atom stereocenters. The van der Waals surface area contributed by atoms with Crippen LogP contribution >= 0.6 is 0 Å². The standard InChI is InChI=1S/C41H73NO7/c1-12-46-35(38(8,9)44)28-22-26(2)32-33(48-28)34(43)37(6,7)39(32,10)18-19-40-16-13-14-29-36(4,5)30(15-17-41(29,40)25-40)49-31-23-42(20-21-47-31)27(3)24-45-11/h26-35,43-44H,12-25H2,1-11H3/t26-,27+,28?,29+,30+,31+,32+,33?,34+,35+,39-,40?,41-/m1/s1. The fourth-order valence-corrected chi connectivity index (χ4v) is 13.0. The predicted molar refractivity (Wildman–Crippen MR) is 192 cm³/mol. The van der Waals surface area contributed by atoms with Gasteiger partial charge in [0.1, 0.15) is 6.10 Å². The fourth-order valence-electron chi connectivity index (χ4n) is 13.0. The van der Waals surface area contributed by atoms with Gasteiger partial charge in [0.15, 0.2) is 6.29 Å². The average Bonchev–Trinajstić information content (AvgIpc) is 3.67. The van der Waals surface area contributed by atoms with Crippen LogP contribution in [0.1, 0.15) is 127 Å². The molecule has 0 aromatic rings. The molecular weight excluding hydrogens is 618 g/mol. The van der Waals surface area contributed by atoms with Gasteiger partial charge >= 0.3 is 0 Å². The highest BCUT2D eigenvalue weighted by molar-refractivity contribution is 5.24. The molecular formula is C41H73NO7. The first kappa shape index (κ1) is 38.4. The van der Waals surface area contributed by atoms with E-state index in [0.717, 1.165) is 39.0 Å². The summed E-state index contributed by atoms with van der Waals surface area (Å²) in [6.07, 6.45) is 9.46. The molecule has 0 aromatic carbocycles. The number of fused-ring (bicyclic) bond motifs is 1.